The zero-order valence-electron chi connectivity index (χ0n) is 15.7. The first-order valence-corrected chi connectivity index (χ1v) is 9.14. The van der Waals surface area contributed by atoms with E-state index in [1.165, 1.54) is 4.90 Å². The van der Waals surface area contributed by atoms with Crippen molar-refractivity contribution in [1.82, 2.24) is 24.8 Å². The molecule has 2 saturated heterocycles. The van der Waals surface area contributed by atoms with Gasteiger partial charge in [-0.1, -0.05) is 19.0 Å². The van der Waals surface area contributed by atoms with Crippen LogP contribution in [0.2, 0.25) is 0 Å². The normalized spacial score (nSPS) is 20.0. The fourth-order valence-corrected chi connectivity index (χ4v) is 3.40. The Bertz CT molecular complexity index is 639. The minimum atomic E-state index is -0.191. The van der Waals surface area contributed by atoms with E-state index >= 15 is 0 Å². The molecule has 9 heteroatoms. The summed E-state index contributed by atoms with van der Waals surface area (Å²) < 4.78 is 10.3. The lowest BCUT2D eigenvalue weighted by molar-refractivity contribution is -0.125. The van der Waals surface area contributed by atoms with Gasteiger partial charge in [0.15, 0.2) is 5.82 Å². The van der Waals surface area contributed by atoms with Crippen molar-refractivity contribution in [2.45, 2.75) is 45.2 Å². The number of rotatable bonds is 7. The van der Waals surface area contributed by atoms with Crippen molar-refractivity contribution in [2.75, 3.05) is 39.9 Å². The van der Waals surface area contributed by atoms with Gasteiger partial charge in [-0.2, -0.15) is 4.98 Å². The van der Waals surface area contributed by atoms with E-state index in [0.29, 0.717) is 25.6 Å². The average Bonchev–Trinajstić information content (AvgIpc) is 3.19. The molecule has 0 N–H and O–H groups in total. The molecule has 0 unspecified atom stereocenters. The molecule has 0 saturated carbocycles. The topological polar surface area (TPSA) is 92.0 Å². The molecule has 3 rings (SSSR count). The van der Waals surface area contributed by atoms with Gasteiger partial charge in [0.05, 0.1) is 19.7 Å². The van der Waals surface area contributed by atoms with Crippen molar-refractivity contribution in [2.24, 2.45) is 0 Å². The fourth-order valence-electron chi connectivity index (χ4n) is 3.40. The highest BCUT2D eigenvalue weighted by Gasteiger charge is 2.40. The lowest BCUT2D eigenvalue weighted by Crippen LogP contribution is -2.46. The number of imide groups is 1. The van der Waals surface area contributed by atoms with E-state index in [1.54, 1.807) is 12.0 Å². The molecule has 3 heterocycles. The summed E-state index contributed by atoms with van der Waals surface area (Å²) in [4.78, 5) is 34.2. The molecule has 2 fully saturated rings. The number of likely N-dealkylation sites (tertiary alicyclic amines) is 1. The Labute approximate surface area is 153 Å². The molecular weight excluding hydrogens is 338 g/mol. The Kier molecular flexibility index (Phi) is 5.87. The summed E-state index contributed by atoms with van der Waals surface area (Å²) in [6, 6.07) is -0.0897. The first-order chi connectivity index (χ1) is 12.5. The molecule has 9 nitrogen and oxygen atoms in total. The fraction of sp³-hybridized carbons (Fsp3) is 0.765. The van der Waals surface area contributed by atoms with Crippen LogP contribution in [-0.2, 0) is 16.1 Å². The van der Waals surface area contributed by atoms with Gasteiger partial charge < -0.3 is 14.2 Å². The van der Waals surface area contributed by atoms with E-state index in [-0.39, 0.29) is 30.4 Å². The number of ether oxygens (including phenoxy) is 1. The minimum Gasteiger partial charge on any atom is -0.383 e. The van der Waals surface area contributed by atoms with E-state index in [4.69, 9.17) is 9.26 Å². The number of carbonyl (C=O) groups excluding carboxylic acids is 2. The zero-order chi connectivity index (χ0) is 18.7. The Morgan fingerprint density at radius 3 is 2.62 bits per heavy atom. The Morgan fingerprint density at radius 2 is 2.00 bits per heavy atom. The van der Waals surface area contributed by atoms with Crippen LogP contribution in [0, 0.1) is 0 Å². The highest BCUT2D eigenvalue weighted by atomic mass is 16.5. The van der Waals surface area contributed by atoms with Gasteiger partial charge in [-0.05, 0) is 12.8 Å². The summed E-state index contributed by atoms with van der Waals surface area (Å²) in [7, 11) is 1.56. The maximum Gasteiger partial charge on any atom is 0.327 e. The van der Waals surface area contributed by atoms with Crippen LogP contribution in [0.4, 0.5) is 4.79 Å². The summed E-state index contributed by atoms with van der Waals surface area (Å²) in [5, 5.41) is 3.99. The van der Waals surface area contributed by atoms with Crippen molar-refractivity contribution in [3.8, 4) is 0 Å². The van der Waals surface area contributed by atoms with Crippen molar-refractivity contribution in [3.05, 3.63) is 11.7 Å². The van der Waals surface area contributed by atoms with Crippen LogP contribution in [-0.4, -0.2) is 82.7 Å². The molecule has 0 atom stereocenters. The molecule has 2 aliphatic rings. The molecular formula is C17H27N5O4. The highest BCUT2D eigenvalue weighted by molar-refractivity contribution is 6.02. The maximum absolute atomic E-state index is 12.5. The van der Waals surface area contributed by atoms with Crippen LogP contribution in [0.1, 0.15) is 44.3 Å². The first kappa shape index (κ1) is 18.8. The van der Waals surface area contributed by atoms with Crippen LogP contribution in [0.15, 0.2) is 4.52 Å². The van der Waals surface area contributed by atoms with Crippen LogP contribution < -0.4 is 0 Å². The van der Waals surface area contributed by atoms with Gasteiger partial charge >= 0.3 is 6.03 Å². The first-order valence-electron chi connectivity index (χ1n) is 9.14. The van der Waals surface area contributed by atoms with Gasteiger partial charge in [0.1, 0.15) is 6.54 Å². The number of hydrogen-bond donors (Lipinski definition) is 0. The molecule has 144 valence electrons. The third-order valence-electron chi connectivity index (χ3n) is 4.96. The van der Waals surface area contributed by atoms with Gasteiger partial charge in [0.2, 0.25) is 11.8 Å². The van der Waals surface area contributed by atoms with Gasteiger partial charge in [-0.15, -0.1) is 0 Å². The summed E-state index contributed by atoms with van der Waals surface area (Å²) >= 11 is 0. The third-order valence-corrected chi connectivity index (χ3v) is 4.96. The number of urea groups is 1. The number of aromatic nitrogens is 2. The minimum absolute atomic E-state index is 0.101. The Hall–Kier alpha value is -2.00. The third kappa shape index (κ3) is 4.04. The van der Waals surface area contributed by atoms with Crippen molar-refractivity contribution >= 4 is 11.9 Å². The quantitative estimate of drug-likeness (QED) is 0.667. The molecule has 3 amide bonds. The van der Waals surface area contributed by atoms with Crippen molar-refractivity contribution in [3.63, 3.8) is 0 Å². The van der Waals surface area contributed by atoms with E-state index in [0.717, 1.165) is 31.8 Å². The van der Waals surface area contributed by atoms with Crippen LogP contribution in [0.3, 0.4) is 0 Å². The second-order valence-electron chi connectivity index (χ2n) is 7.16. The molecule has 0 aromatic carbocycles. The Balaban J connectivity index is 1.50. The lowest BCUT2D eigenvalue weighted by atomic mass is 10.0. The van der Waals surface area contributed by atoms with Gasteiger partial charge in [-0.25, -0.2) is 4.79 Å². The van der Waals surface area contributed by atoms with Gasteiger partial charge in [0, 0.05) is 32.2 Å². The van der Waals surface area contributed by atoms with E-state index in [1.807, 2.05) is 13.8 Å². The number of amides is 3. The molecule has 2 aliphatic heterocycles. The maximum atomic E-state index is 12.5. The van der Waals surface area contributed by atoms with Crippen LogP contribution in [0.25, 0.3) is 0 Å². The van der Waals surface area contributed by atoms with E-state index in [2.05, 4.69) is 15.0 Å². The van der Waals surface area contributed by atoms with Gasteiger partial charge in [0.25, 0.3) is 0 Å². The monoisotopic (exact) mass is 365 g/mol. The van der Waals surface area contributed by atoms with Gasteiger partial charge in [-0.3, -0.25) is 14.6 Å². The van der Waals surface area contributed by atoms with Crippen molar-refractivity contribution in [1.29, 1.82) is 0 Å². The highest BCUT2D eigenvalue weighted by Crippen LogP contribution is 2.23. The smallest absolute Gasteiger partial charge is 0.327 e. The lowest BCUT2D eigenvalue weighted by Gasteiger charge is -2.35. The number of piperidine rings is 1. The standard InChI is InChI=1S/C17H27N5O4/c1-12(2)16-18-14(26-19-16)10-20-6-4-13(5-7-20)22-11-15(23)21(17(22)24)8-9-25-3/h12-13H,4-11H2,1-3H3. The summed E-state index contributed by atoms with van der Waals surface area (Å²) in [5.41, 5.74) is 0. The number of carbonyl (C=O) groups is 2. The molecule has 0 bridgehead atoms. The second-order valence-corrected chi connectivity index (χ2v) is 7.16. The molecule has 0 aliphatic carbocycles. The molecule has 26 heavy (non-hydrogen) atoms. The molecule has 0 radical (unpaired) electrons. The summed E-state index contributed by atoms with van der Waals surface area (Å²) in [6.07, 6.45) is 1.67. The number of methoxy groups -OCH3 is 1. The Morgan fingerprint density at radius 1 is 1.27 bits per heavy atom. The molecule has 1 aromatic rings. The van der Waals surface area contributed by atoms with Crippen LogP contribution >= 0.6 is 0 Å². The van der Waals surface area contributed by atoms with E-state index in [9.17, 15) is 9.59 Å². The van der Waals surface area contributed by atoms with Crippen LogP contribution in [0.5, 0.6) is 0 Å². The summed E-state index contributed by atoms with van der Waals surface area (Å²) in [6.45, 7) is 7.22. The largest absolute Gasteiger partial charge is 0.383 e. The second kappa shape index (κ2) is 8.13. The molecule has 0 spiro atoms. The molecule has 1 aromatic heterocycles. The average molecular weight is 365 g/mol. The zero-order valence-corrected chi connectivity index (χ0v) is 15.7. The number of nitrogens with zero attached hydrogens (tertiary/aromatic N) is 5. The number of hydrogen-bond acceptors (Lipinski definition) is 7. The van der Waals surface area contributed by atoms with E-state index < -0.39 is 0 Å². The van der Waals surface area contributed by atoms with Crippen molar-refractivity contribution < 1.29 is 18.8 Å². The predicted octanol–water partition coefficient (Wildman–Crippen LogP) is 1.07. The summed E-state index contributed by atoms with van der Waals surface area (Å²) in [5.74, 6) is 1.47. The SMILES string of the molecule is COCCN1C(=O)CN(C2CCN(Cc3nc(C(C)C)no3)CC2)C1=O. The predicted molar refractivity (Wildman–Crippen MR) is 92.4 cm³/mol.